The van der Waals surface area contributed by atoms with E-state index in [4.69, 9.17) is 5.11 Å². The first-order valence-corrected chi connectivity index (χ1v) is 8.42. The van der Waals surface area contributed by atoms with E-state index >= 15 is 0 Å². The lowest BCUT2D eigenvalue weighted by Crippen LogP contribution is -2.27. The number of aliphatic hydroxyl groups excluding tert-OH is 1. The van der Waals surface area contributed by atoms with Crippen molar-refractivity contribution in [2.24, 2.45) is 5.41 Å². The van der Waals surface area contributed by atoms with Crippen molar-refractivity contribution in [2.75, 3.05) is 13.2 Å². The van der Waals surface area contributed by atoms with Gasteiger partial charge in [0.05, 0.1) is 4.90 Å². The highest BCUT2D eigenvalue weighted by atomic mass is 32.2. The molecule has 1 rings (SSSR count). The Bertz CT molecular complexity index is 501. The van der Waals surface area contributed by atoms with E-state index in [-0.39, 0.29) is 12.0 Å². The summed E-state index contributed by atoms with van der Waals surface area (Å²) < 4.78 is 26.8. The van der Waals surface area contributed by atoms with Crippen LogP contribution in [-0.4, -0.2) is 26.7 Å². The average Bonchev–Trinajstić information content (AvgIpc) is 2.35. The zero-order chi connectivity index (χ0) is 15.2. The molecule has 0 saturated carbocycles. The van der Waals surface area contributed by atoms with Gasteiger partial charge in [-0.1, -0.05) is 32.9 Å². The first kappa shape index (κ1) is 17.1. The second kappa shape index (κ2) is 7.20. The van der Waals surface area contributed by atoms with Gasteiger partial charge in [-0.2, -0.15) is 0 Å². The molecule has 0 heterocycles. The van der Waals surface area contributed by atoms with Crippen LogP contribution in [0.2, 0.25) is 0 Å². The molecule has 0 spiro atoms. The second-order valence-corrected chi connectivity index (χ2v) is 7.95. The Hall–Kier alpha value is -0.910. The van der Waals surface area contributed by atoms with Crippen LogP contribution in [0, 0.1) is 5.41 Å². The molecule has 0 saturated heterocycles. The van der Waals surface area contributed by atoms with Gasteiger partial charge in [0.1, 0.15) is 0 Å². The van der Waals surface area contributed by atoms with Crippen molar-refractivity contribution >= 4 is 10.0 Å². The number of sulfonamides is 1. The van der Waals surface area contributed by atoms with Crippen LogP contribution in [0.5, 0.6) is 0 Å². The smallest absolute Gasteiger partial charge is 0.240 e. The first-order chi connectivity index (χ1) is 9.24. The molecule has 114 valence electrons. The fraction of sp³-hybridized carbons (Fsp3) is 0.600. The normalized spacial score (nSPS) is 12.6. The van der Waals surface area contributed by atoms with Crippen molar-refractivity contribution < 1.29 is 13.5 Å². The molecule has 0 aliphatic rings. The summed E-state index contributed by atoms with van der Waals surface area (Å²) in [5.41, 5.74) is 1.14. The highest BCUT2D eigenvalue weighted by Crippen LogP contribution is 2.18. The number of aryl methyl sites for hydroxylation is 1. The Morgan fingerprint density at radius 1 is 1.15 bits per heavy atom. The third-order valence-corrected chi connectivity index (χ3v) is 4.50. The van der Waals surface area contributed by atoms with E-state index in [0.717, 1.165) is 18.4 Å². The van der Waals surface area contributed by atoms with Gasteiger partial charge in [0.2, 0.25) is 10.0 Å². The van der Waals surface area contributed by atoms with Gasteiger partial charge < -0.3 is 5.11 Å². The van der Waals surface area contributed by atoms with Crippen LogP contribution in [0.15, 0.2) is 29.2 Å². The van der Waals surface area contributed by atoms with E-state index in [9.17, 15) is 8.42 Å². The molecule has 0 bridgehead atoms. The molecule has 0 aliphatic carbocycles. The molecule has 0 aliphatic heterocycles. The monoisotopic (exact) mass is 299 g/mol. The summed E-state index contributed by atoms with van der Waals surface area (Å²) in [6.07, 6.45) is 2.24. The van der Waals surface area contributed by atoms with E-state index in [1.165, 1.54) is 0 Å². The van der Waals surface area contributed by atoms with E-state index in [1.807, 2.05) is 0 Å². The Balaban J connectivity index is 2.63. The van der Waals surface area contributed by atoms with Crippen molar-refractivity contribution in [2.45, 2.75) is 44.9 Å². The minimum atomic E-state index is -3.42. The van der Waals surface area contributed by atoms with E-state index < -0.39 is 10.0 Å². The maximum absolute atomic E-state index is 12.1. The summed E-state index contributed by atoms with van der Waals surface area (Å²) in [5, 5.41) is 8.77. The van der Waals surface area contributed by atoms with E-state index in [1.54, 1.807) is 24.3 Å². The van der Waals surface area contributed by atoms with Crippen LogP contribution in [0.1, 0.15) is 39.2 Å². The quantitative estimate of drug-likeness (QED) is 0.812. The summed E-state index contributed by atoms with van der Waals surface area (Å²) in [5.74, 6) is 0. The number of hydrogen-bond acceptors (Lipinski definition) is 3. The Morgan fingerprint density at radius 3 is 2.25 bits per heavy atom. The van der Waals surface area contributed by atoms with Gasteiger partial charge in [0.15, 0.2) is 0 Å². The van der Waals surface area contributed by atoms with Crippen molar-refractivity contribution in [3.63, 3.8) is 0 Å². The molecule has 20 heavy (non-hydrogen) atoms. The lowest BCUT2D eigenvalue weighted by atomic mass is 9.93. The zero-order valence-corrected chi connectivity index (χ0v) is 13.3. The average molecular weight is 299 g/mol. The maximum atomic E-state index is 12.1. The highest BCUT2D eigenvalue weighted by molar-refractivity contribution is 7.89. The van der Waals surface area contributed by atoms with Crippen molar-refractivity contribution in [1.82, 2.24) is 4.72 Å². The molecular formula is C15H25NO3S. The molecule has 0 aromatic heterocycles. The van der Waals surface area contributed by atoms with Crippen LogP contribution in [0.4, 0.5) is 0 Å². The van der Waals surface area contributed by atoms with Crippen LogP contribution >= 0.6 is 0 Å². The van der Waals surface area contributed by atoms with Crippen LogP contribution in [0.25, 0.3) is 0 Å². The van der Waals surface area contributed by atoms with Crippen LogP contribution in [0.3, 0.4) is 0 Å². The molecule has 0 radical (unpaired) electrons. The lowest BCUT2D eigenvalue weighted by molar-refractivity contribution is 0.288. The minimum Gasteiger partial charge on any atom is -0.396 e. The van der Waals surface area contributed by atoms with E-state index in [0.29, 0.717) is 17.9 Å². The van der Waals surface area contributed by atoms with E-state index in [2.05, 4.69) is 25.5 Å². The van der Waals surface area contributed by atoms with Crippen LogP contribution in [-0.2, 0) is 16.4 Å². The van der Waals surface area contributed by atoms with Gasteiger partial charge in [-0.25, -0.2) is 13.1 Å². The van der Waals surface area contributed by atoms with Crippen molar-refractivity contribution in [3.8, 4) is 0 Å². The molecule has 5 heteroatoms. The standard InChI is InChI=1S/C15H25NO3S/c1-15(2,3)10-11-16-20(18,19)14-8-6-13(7-9-14)5-4-12-17/h6-9,16-17H,4-5,10-12H2,1-3H3. The number of aliphatic hydroxyl groups is 1. The van der Waals surface area contributed by atoms with Gasteiger partial charge in [0, 0.05) is 13.2 Å². The molecule has 4 nitrogen and oxygen atoms in total. The van der Waals surface area contributed by atoms with Gasteiger partial charge >= 0.3 is 0 Å². The molecule has 1 aromatic rings. The summed E-state index contributed by atoms with van der Waals surface area (Å²) >= 11 is 0. The molecule has 0 amide bonds. The van der Waals surface area contributed by atoms with Crippen molar-refractivity contribution in [3.05, 3.63) is 29.8 Å². The number of benzene rings is 1. The summed E-state index contributed by atoms with van der Waals surface area (Å²) in [6.45, 7) is 6.83. The Kier molecular flexibility index (Phi) is 6.17. The number of hydrogen-bond donors (Lipinski definition) is 2. The van der Waals surface area contributed by atoms with Gasteiger partial charge in [-0.3, -0.25) is 0 Å². The van der Waals surface area contributed by atoms with Crippen LogP contribution < -0.4 is 4.72 Å². The Morgan fingerprint density at radius 2 is 1.75 bits per heavy atom. The molecule has 0 atom stereocenters. The third kappa shape index (κ3) is 6.03. The topological polar surface area (TPSA) is 66.4 Å². The fourth-order valence-electron chi connectivity index (χ4n) is 1.76. The minimum absolute atomic E-state index is 0.108. The SMILES string of the molecule is CC(C)(C)CCNS(=O)(=O)c1ccc(CCCO)cc1. The van der Waals surface area contributed by atoms with Gasteiger partial charge in [0.25, 0.3) is 0 Å². The fourth-order valence-corrected chi connectivity index (χ4v) is 2.79. The molecule has 2 N–H and O–H groups in total. The highest BCUT2D eigenvalue weighted by Gasteiger charge is 2.16. The molecule has 0 unspecified atom stereocenters. The second-order valence-electron chi connectivity index (χ2n) is 6.18. The first-order valence-electron chi connectivity index (χ1n) is 6.94. The third-order valence-electron chi connectivity index (χ3n) is 3.02. The Labute approximate surface area is 122 Å². The summed E-state index contributed by atoms with van der Waals surface area (Å²) in [4.78, 5) is 0.291. The molecule has 0 fully saturated rings. The largest absolute Gasteiger partial charge is 0.396 e. The summed E-state index contributed by atoms with van der Waals surface area (Å²) in [7, 11) is -3.42. The zero-order valence-electron chi connectivity index (χ0n) is 12.5. The predicted octanol–water partition coefficient (Wildman–Crippen LogP) is 2.33. The summed E-state index contributed by atoms with van der Waals surface area (Å²) in [6, 6.07) is 6.83. The molecular weight excluding hydrogens is 274 g/mol. The molecule has 1 aromatic carbocycles. The van der Waals surface area contributed by atoms with Crippen molar-refractivity contribution in [1.29, 1.82) is 0 Å². The predicted molar refractivity (Wildman–Crippen MR) is 81.1 cm³/mol. The van der Waals surface area contributed by atoms with Gasteiger partial charge in [-0.15, -0.1) is 0 Å². The number of rotatable bonds is 7. The number of nitrogens with one attached hydrogen (secondary N) is 1. The maximum Gasteiger partial charge on any atom is 0.240 e. The van der Waals surface area contributed by atoms with Gasteiger partial charge in [-0.05, 0) is 42.4 Å². The lowest BCUT2D eigenvalue weighted by Gasteiger charge is -2.18.